The molecule has 0 atom stereocenters. The van der Waals surface area contributed by atoms with E-state index in [0.717, 1.165) is 11.3 Å². The largest absolute Gasteiger partial charge is 0.493 e. The zero-order valence-corrected chi connectivity index (χ0v) is 14.9. The maximum atomic E-state index is 12.5. The maximum Gasteiger partial charge on any atom is 0.331 e. The lowest BCUT2D eigenvalue weighted by Gasteiger charge is -2.29. The summed E-state index contributed by atoms with van der Waals surface area (Å²) in [6.07, 6.45) is 0. The number of benzene rings is 2. The number of esters is 1. The van der Waals surface area contributed by atoms with Crippen LogP contribution < -0.4 is 24.4 Å². The van der Waals surface area contributed by atoms with E-state index in [1.807, 2.05) is 19.1 Å². The lowest BCUT2D eigenvalue weighted by Crippen LogP contribution is -2.41. The van der Waals surface area contributed by atoms with Crippen molar-refractivity contribution in [3.05, 3.63) is 42.0 Å². The number of hydrogen-bond donors (Lipinski definition) is 1. The fourth-order valence-electron chi connectivity index (χ4n) is 2.79. The van der Waals surface area contributed by atoms with Gasteiger partial charge in [-0.1, -0.05) is 6.07 Å². The molecule has 0 saturated heterocycles. The molecule has 3 rings (SSSR count). The number of nitrogens with one attached hydrogen (secondary N) is 1. The molecule has 0 bridgehead atoms. The summed E-state index contributed by atoms with van der Waals surface area (Å²) in [5.41, 5.74) is 2.33. The number of anilines is 2. The molecule has 136 valence electrons. The highest BCUT2D eigenvalue weighted by atomic mass is 16.5. The highest BCUT2D eigenvalue weighted by Crippen LogP contribution is 2.33. The van der Waals surface area contributed by atoms with Crippen LogP contribution in [0.2, 0.25) is 0 Å². The molecule has 1 N–H and O–H groups in total. The van der Waals surface area contributed by atoms with Crippen molar-refractivity contribution in [2.24, 2.45) is 0 Å². The fourth-order valence-corrected chi connectivity index (χ4v) is 2.79. The molecule has 0 aliphatic carbocycles. The molecule has 2 aromatic rings. The van der Waals surface area contributed by atoms with Crippen molar-refractivity contribution in [3.63, 3.8) is 0 Å². The van der Waals surface area contributed by atoms with Crippen LogP contribution in [-0.2, 0) is 9.59 Å². The van der Waals surface area contributed by atoms with Gasteiger partial charge in [-0.25, -0.2) is 4.79 Å². The van der Waals surface area contributed by atoms with E-state index in [2.05, 4.69) is 5.32 Å². The summed E-state index contributed by atoms with van der Waals surface area (Å²) in [5, 5.41) is 2.81. The third-order valence-corrected chi connectivity index (χ3v) is 4.00. The minimum atomic E-state index is -0.389. The van der Waals surface area contributed by atoms with E-state index in [4.69, 9.17) is 14.2 Å². The fraction of sp³-hybridized carbons (Fsp3) is 0.263. The van der Waals surface area contributed by atoms with E-state index in [1.165, 1.54) is 7.11 Å². The first-order valence-corrected chi connectivity index (χ1v) is 8.08. The van der Waals surface area contributed by atoms with Gasteiger partial charge in [0.05, 0.1) is 26.5 Å². The maximum absolute atomic E-state index is 12.5. The van der Waals surface area contributed by atoms with Crippen molar-refractivity contribution in [1.82, 2.24) is 0 Å². The van der Waals surface area contributed by atoms with Gasteiger partial charge in [0.1, 0.15) is 6.54 Å². The predicted molar refractivity (Wildman–Crippen MR) is 97.2 cm³/mol. The molecule has 1 amide bonds. The van der Waals surface area contributed by atoms with Crippen LogP contribution in [0.25, 0.3) is 0 Å². The normalized spacial score (nSPS) is 12.9. The molecule has 0 saturated carbocycles. The van der Waals surface area contributed by atoms with E-state index >= 15 is 0 Å². The Bertz CT molecular complexity index is 850. The van der Waals surface area contributed by atoms with Crippen LogP contribution in [0, 0.1) is 6.92 Å². The molecule has 1 aliphatic heterocycles. The van der Waals surface area contributed by atoms with Crippen molar-refractivity contribution >= 4 is 23.3 Å². The number of aryl methyl sites for hydroxylation is 1. The van der Waals surface area contributed by atoms with E-state index in [1.54, 1.807) is 36.3 Å². The van der Waals surface area contributed by atoms with Crippen LogP contribution in [-0.4, -0.2) is 39.2 Å². The Morgan fingerprint density at radius 1 is 1.15 bits per heavy atom. The van der Waals surface area contributed by atoms with Crippen molar-refractivity contribution in [2.45, 2.75) is 6.92 Å². The molecule has 0 fully saturated rings. The highest BCUT2D eigenvalue weighted by Gasteiger charge is 2.25. The Hall–Kier alpha value is -3.22. The first-order chi connectivity index (χ1) is 12.5. The number of ether oxygens (including phenoxy) is 3. The minimum Gasteiger partial charge on any atom is -0.493 e. The van der Waals surface area contributed by atoms with E-state index in [9.17, 15) is 9.59 Å². The number of amides is 1. The number of nitrogens with zero attached hydrogens (tertiary/aromatic N) is 1. The Balaban J connectivity index is 1.75. The van der Waals surface area contributed by atoms with E-state index in [-0.39, 0.29) is 25.0 Å². The van der Waals surface area contributed by atoms with Crippen molar-refractivity contribution in [1.29, 1.82) is 0 Å². The monoisotopic (exact) mass is 356 g/mol. The second-order valence-electron chi connectivity index (χ2n) is 5.92. The summed E-state index contributed by atoms with van der Waals surface area (Å²) in [6, 6.07) is 10.6. The molecule has 2 aromatic carbocycles. The van der Waals surface area contributed by atoms with Gasteiger partial charge in [0.15, 0.2) is 17.2 Å². The Labute approximate surface area is 151 Å². The number of hydrogen-bond acceptors (Lipinski definition) is 6. The summed E-state index contributed by atoms with van der Waals surface area (Å²) in [6.45, 7) is 1.99. The van der Waals surface area contributed by atoms with Gasteiger partial charge in [-0.3, -0.25) is 4.79 Å². The van der Waals surface area contributed by atoms with Crippen LogP contribution in [0.15, 0.2) is 36.4 Å². The van der Waals surface area contributed by atoms with Crippen LogP contribution >= 0.6 is 0 Å². The second kappa shape index (κ2) is 7.35. The standard InChI is InChI=1S/C19H20N2O5/c1-12-4-6-15-14(8-12)21(11-19(23)26-15)10-18(22)20-13-5-7-16(24-2)17(9-13)25-3/h4-9H,10-11H2,1-3H3,(H,20,22). The van der Waals surface area contributed by atoms with E-state index in [0.29, 0.717) is 22.9 Å². The summed E-state index contributed by atoms with van der Waals surface area (Å²) < 4.78 is 15.6. The van der Waals surface area contributed by atoms with Gasteiger partial charge in [0, 0.05) is 11.8 Å². The zero-order chi connectivity index (χ0) is 18.7. The van der Waals surface area contributed by atoms with Gasteiger partial charge < -0.3 is 24.4 Å². The van der Waals surface area contributed by atoms with Gasteiger partial charge in [0.2, 0.25) is 5.91 Å². The first kappa shape index (κ1) is 17.6. The van der Waals surface area contributed by atoms with Gasteiger partial charge >= 0.3 is 5.97 Å². The number of methoxy groups -OCH3 is 2. The summed E-state index contributed by atoms with van der Waals surface area (Å²) in [4.78, 5) is 25.9. The molecule has 0 spiro atoms. The van der Waals surface area contributed by atoms with Crippen LogP contribution in [0.4, 0.5) is 11.4 Å². The summed E-state index contributed by atoms with van der Waals surface area (Å²) >= 11 is 0. The average Bonchev–Trinajstić information content (AvgIpc) is 2.62. The first-order valence-electron chi connectivity index (χ1n) is 8.08. The molecule has 0 aromatic heterocycles. The van der Waals surface area contributed by atoms with Crippen molar-refractivity contribution < 1.29 is 23.8 Å². The average molecular weight is 356 g/mol. The zero-order valence-electron chi connectivity index (χ0n) is 14.9. The van der Waals surface area contributed by atoms with Gasteiger partial charge in [-0.05, 0) is 36.8 Å². The molecule has 1 heterocycles. The topological polar surface area (TPSA) is 77.1 Å². The second-order valence-corrected chi connectivity index (χ2v) is 5.92. The van der Waals surface area contributed by atoms with Crippen LogP contribution in [0.5, 0.6) is 17.2 Å². The molecule has 1 aliphatic rings. The third-order valence-electron chi connectivity index (χ3n) is 4.00. The molecule has 7 heteroatoms. The lowest BCUT2D eigenvalue weighted by atomic mass is 10.1. The molecular weight excluding hydrogens is 336 g/mol. The number of carbonyl (C=O) groups excluding carboxylic acids is 2. The number of rotatable bonds is 5. The molecule has 0 unspecified atom stereocenters. The Kier molecular flexibility index (Phi) is 4.97. The Morgan fingerprint density at radius 2 is 1.92 bits per heavy atom. The molecule has 7 nitrogen and oxygen atoms in total. The third kappa shape index (κ3) is 3.72. The van der Waals surface area contributed by atoms with Gasteiger partial charge in [0.25, 0.3) is 0 Å². The SMILES string of the molecule is COc1ccc(NC(=O)CN2CC(=O)Oc3ccc(C)cc32)cc1OC. The van der Waals surface area contributed by atoms with Crippen molar-refractivity contribution in [3.8, 4) is 17.2 Å². The number of carbonyl (C=O) groups is 2. The quantitative estimate of drug-likeness (QED) is 0.655. The Morgan fingerprint density at radius 3 is 2.65 bits per heavy atom. The lowest BCUT2D eigenvalue weighted by molar-refractivity contribution is -0.133. The smallest absolute Gasteiger partial charge is 0.331 e. The van der Waals surface area contributed by atoms with Gasteiger partial charge in [-0.2, -0.15) is 0 Å². The van der Waals surface area contributed by atoms with E-state index < -0.39 is 0 Å². The number of fused-ring (bicyclic) bond motifs is 1. The summed E-state index contributed by atoms with van der Waals surface area (Å²) in [7, 11) is 3.08. The van der Waals surface area contributed by atoms with Crippen LogP contribution in [0.3, 0.4) is 0 Å². The molecule has 0 radical (unpaired) electrons. The summed E-state index contributed by atoms with van der Waals surface area (Å²) in [5.74, 6) is 0.923. The highest BCUT2D eigenvalue weighted by molar-refractivity contribution is 5.96. The minimum absolute atomic E-state index is 0.0236. The predicted octanol–water partition coefficient (Wildman–Crippen LogP) is 2.38. The van der Waals surface area contributed by atoms with Crippen LogP contribution in [0.1, 0.15) is 5.56 Å². The molecule has 26 heavy (non-hydrogen) atoms. The van der Waals surface area contributed by atoms with Crippen molar-refractivity contribution in [2.75, 3.05) is 37.5 Å². The van der Waals surface area contributed by atoms with Gasteiger partial charge in [-0.15, -0.1) is 0 Å². The molecular formula is C19H20N2O5.